The van der Waals surface area contributed by atoms with Crippen molar-refractivity contribution in [2.24, 2.45) is 7.05 Å². The van der Waals surface area contributed by atoms with Gasteiger partial charge in [-0.05, 0) is 85.4 Å². The van der Waals surface area contributed by atoms with Crippen molar-refractivity contribution in [2.75, 3.05) is 81.1 Å². The Balaban J connectivity index is 0.769. The Morgan fingerprint density at radius 2 is 1.83 bits per heavy atom. The van der Waals surface area contributed by atoms with Crippen LogP contribution in [0.5, 0.6) is 5.75 Å². The summed E-state index contributed by atoms with van der Waals surface area (Å²) in [6.07, 6.45) is 8.05. The number of aryl methyl sites for hydroxylation is 1. The number of carbonyl (C=O) groups excluding carboxylic acids is 1. The van der Waals surface area contributed by atoms with E-state index >= 15 is 4.39 Å². The maximum absolute atomic E-state index is 16.4. The number of hydrogen-bond donors (Lipinski definition) is 3. The first-order chi connectivity index (χ1) is 29.0. The number of aromatic hydroxyl groups is 1. The molecule has 3 fully saturated rings. The number of carbonyl (C=O) groups is 1. The number of para-hydroxylation sites is 1. The van der Waals surface area contributed by atoms with Gasteiger partial charge in [0.1, 0.15) is 17.5 Å². The van der Waals surface area contributed by atoms with Crippen LogP contribution in [0.3, 0.4) is 0 Å². The highest BCUT2D eigenvalue weighted by atomic mass is 19.1. The van der Waals surface area contributed by atoms with Crippen LogP contribution in [0, 0.1) is 0 Å². The van der Waals surface area contributed by atoms with Gasteiger partial charge < -0.3 is 39.7 Å². The highest BCUT2D eigenvalue weighted by molar-refractivity contribution is 5.94. The third kappa shape index (κ3) is 7.73. The number of piperidine rings is 2. The number of fused-ring (bicyclic) bond motifs is 1. The summed E-state index contributed by atoms with van der Waals surface area (Å²) in [4.78, 5) is 21.6. The van der Waals surface area contributed by atoms with Gasteiger partial charge in [0.25, 0.3) is 5.91 Å². The minimum Gasteiger partial charge on any atom is -0.507 e. The molecular formula is C45H52FN9O3. The number of nitrogens with two attached hydrogens (primary N) is 1. The minimum atomic E-state index is -1.34. The molecule has 2 unspecified atom stereocenters. The number of alkyl halides is 1. The molecule has 3 aromatic carbocycles. The lowest BCUT2D eigenvalue weighted by Gasteiger charge is -2.41. The topological polar surface area (TPSA) is 128 Å². The van der Waals surface area contributed by atoms with Crippen LogP contribution in [0.15, 0.2) is 91.3 Å². The quantitative estimate of drug-likeness (QED) is 0.167. The molecule has 6 heterocycles. The third-order valence-corrected chi connectivity index (χ3v) is 12.4. The molecule has 4 aliphatic rings. The second-order valence-electron chi connectivity index (χ2n) is 16.0. The number of anilines is 3. The summed E-state index contributed by atoms with van der Waals surface area (Å²) >= 11 is 0. The number of benzene rings is 3. The molecule has 3 saturated heterocycles. The van der Waals surface area contributed by atoms with Gasteiger partial charge in [-0.2, -0.15) is 0 Å². The van der Waals surface area contributed by atoms with E-state index in [4.69, 9.17) is 13.2 Å². The van der Waals surface area contributed by atoms with Gasteiger partial charge in [-0.25, -0.2) is 4.39 Å². The average Bonchev–Trinajstić information content (AvgIpc) is 3.59. The number of hydrogen-bond acceptors (Lipinski definition) is 10. The average molecular weight is 788 g/mol. The fourth-order valence-corrected chi connectivity index (χ4v) is 9.04. The summed E-state index contributed by atoms with van der Waals surface area (Å²) in [6, 6.07) is 22.7. The summed E-state index contributed by atoms with van der Waals surface area (Å²) in [5, 5.41) is 22.9. The summed E-state index contributed by atoms with van der Waals surface area (Å²) in [6.45, 7) is 3.11. The van der Waals surface area contributed by atoms with Gasteiger partial charge in [0.15, 0.2) is 5.82 Å². The van der Waals surface area contributed by atoms with Crippen LogP contribution >= 0.6 is 0 Å². The summed E-state index contributed by atoms with van der Waals surface area (Å²) in [5.41, 5.74) is 11.6. The van der Waals surface area contributed by atoms with Gasteiger partial charge >= 0.3 is 0 Å². The second kappa shape index (κ2) is 16.0. The fraction of sp³-hybridized carbons (Fsp3) is 0.400. The number of likely N-dealkylation sites (tertiary alicyclic amines) is 2. The van der Waals surface area contributed by atoms with E-state index < -0.39 is 18.8 Å². The van der Waals surface area contributed by atoms with E-state index in [0.29, 0.717) is 80.7 Å². The van der Waals surface area contributed by atoms with Gasteiger partial charge in [0.05, 0.1) is 31.5 Å². The van der Waals surface area contributed by atoms with Crippen molar-refractivity contribution < 1.29 is 21.8 Å². The summed E-state index contributed by atoms with van der Waals surface area (Å²) < 4.78 is 40.9. The summed E-state index contributed by atoms with van der Waals surface area (Å²) in [7, 11) is 2.06. The van der Waals surface area contributed by atoms with Crippen LogP contribution in [-0.4, -0.2) is 107 Å². The molecule has 58 heavy (non-hydrogen) atoms. The molecule has 0 spiro atoms. The number of ether oxygens (including phenoxy) is 1. The van der Waals surface area contributed by atoms with Crippen molar-refractivity contribution in [3.63, 3.8) is 0 Å². The number of morpholine rings is 1. The highest BCUT2D eigenvalue weighted by Crippen LogP contribution is 2.38. The number of phenolic OH excluding ortho intramolecular Hbond substituents is 1. The largest absolute Gasteiger partial charge is 0.507 e. The van der Waals surface area contributed by atoms with Crippen LogP contribution in [0.1, 0.15) is 61.9 Å². The first-order valence-corrected chi connectivity index (χ1v) is 20.3. The van der Waals surface area contributed by atoms with Crippen molar-refractivity contribution in [1.82, 2.24) is 29.9 Å². The van der Waals surface area contributed by atoms with Gasteiger partial charge in [-0.15, -0.1) is 10.2 Å². The number of rotatable bonds is 8. The first kappa shape index (κ1) is 35.6. The van der Waals surface area contributed by atoms with Crippen LogP contribution in [0.25, 0.3) is 22.2 Å². The van der Waals surface area contributed by atoms with E-state index in [2.05, 4.69) is 55.3 Å². The summed E-state index contributed by atoms with van der Waals surface area (Å²) in [5.74, 6) is 0.707. The molecule has 0 radical (unpaired) electrons. The number of nitrogens with one attached hydrogen (secondary N) is 1. The van der Waals surface area contributed by atoms with E-state index in [1.807, 2.05) is 53.6 Å². The lowest BCUT2D eigenvalue weighted by molar-refractivity contribution is 0.0176. The van der Waals surface area contributed by atoms with Crippen molar-refractivity contribution in [3.8, 4) is 17.0 Å². The monoisotopic (exact) mass is 787 g/mol. The number of phenols is 1. The first-order valence-electron chi connectivity index (χ1n) is 21.4. The molecule has 3 atom stereocenters. The Labute approximate surface area is 341 Å². The van der Waals surface area contributed by atoms with Crippen molar-refractivity contribution in [3.05, 3.63) is 108 Å². The van der Waals surface area contributed by atoms with Crippen LogP contribution in [0.2, 0.25) is 0 Å². The highest BCUT2D eigenvalue weighted by Gasteiger charge is 2.39. The molecule has 2 aromatic heterocycles. The minimum absolute atomic E-state index is 0.0878. The number of halogens is 1. The van der Waals surface area contributed by atoms with Gasteiger partial charge in [0.2, 0.25) is 0 Å². The van der Waals surface area contributed by atoms with E-state index in [0.717, 1.165) is 48.4 Å². The maximum Gasteiger partial charge on any atom is 0.253 e. The maximum atomic E-state index is 16.4. The molecule has 9 rings (SSSR count). The Hall–Kier alpha value is -5.50. The molecule has 4 aliphatic heterocycles. The molecular weight excluding hydrogens is 734 g/mol. The smallest absolute Gasteiger partial charge is 0.253 e. The standard InChI is InChI=1S/C45H52FN9O3/c1-51-27-37(35-12-11-34(25-39(35)51)55-18-4-17-48-30-55)31-13-19-52(20-14-31)29-45(46)15-21-53(22-16-45)44(57)33-9-7-32(8-10-33)42-28-54(23-24-58-42)40-26-38(49-50-43(40)47)36-5-2-3-6-41(36)56/h2-12,18,25-27,31,42,48,56H,13-17,19-24,28-30H2,1H3,(H2,47,50)/i17D,30D/t17?,30-,42?/m1/s1. The molecule has 0 bridgehead atoms. The van der Waals surface area contributed by atoms with E-state index in [-0.39, 0.29) is 17.8 Å². The zero-order valence-corrected chi connectivity index (χ0v) is 32.8. The van der Waals surface area contributed by atoms with Crippen molar-refractivity contribution >= 4 is 34.0 Å². The predicted molar refractivity (Wildman–Crippen MR) is 226 cm³/mol. The van der Waals surface area contributed by atoms with Crippen LogP contribution in [-0.2, 0) is 11.8 Å². The molecule has 13 heteroatoms. The Morgan fingerprint density at radius 3 is 2.60 bits per heavy atom. The lowest BCUT2D eigenvalue weighted by atomic mass is 9.87. The van der Waals surface area contributed by atoms with Gasteiger partial charge in [-0.1, -0.05) is 36.4 Å². The SMILES string of the molecule is [2H]C1C=CN(c2ccc3c(C4CCN(CC5(F)CCN(C(=O)c6ccc(C7CN(c8cc(-c9ccccc9O)nnc8N)CCO7)cc6)CC5)CC4)cn(C)c3c2)[C@H]([2H])N1. The molecule has 302 valence electrons. The normalized spacial score (nSPS) is 23.6. The van der Waals surface area contributed by atoms with Crippen molar-refractivity contribution in [1.29, 1.82) is 0 Å². The molecule has 1 amide bonds. The predicted octanol–water partition coefficient (Wildman–Crippen LogP) is 6.21. The van der Waals surface area contributed by atoms with E-state index in [1.165, 1.54) is 10.9 Å². The zero-order valence-electron chi connectivity index (χ0n) is 34.8. The molecule has 4 N–H and O–H groups in total. The van der Waals surface area contributed by atoms with Crippen LogP contribution in [0.4, 0.5) is 21.6 Å². The van der Waals surface area contributed by atoms with E-state index in [9.17, 15) is 9.90 Å². The van der Waals surface area contributed by atoms with Gasteiger partial charge in [0, 0.05) is 95.1 Å². The molecule has 12 nitrogen and oxygen atoms in total. The Morgan fingerprint density at radius 1 is 1.03 bits per heavy atom. The molecule has 0 aliphatic carbocycles. The number of aromatic nitrogens is 3. The number of nitrogens with zero attached hydrogens (tertiary/aromatic N) is 7. The fourth-order valence-electron chi connectivity index (χ4n) is 9.04. The van der Waals surface area contributed by atoms with E-state index in [1.54, 1.807) is 29.2 Å². The Bertz CT molecular complexity index is 2380. The Kier molecular flexibility index (Phi) is 9.86. The number of nitrogen functional groups attached to an aromatic ring is 1. The number of amides is 1. The zero-order chi connectivity index (χ0) is 41.5. The second-order valence-corrected chi connectivity index (χ2v) is 16.0. The molecule has 0 saturated carbocycles. The molecule has 5 aromatic rings. The third-order valence-electron chi connectivity index (χ3n) is 12.4. The van der Waals surface area contributed by atoms with Gasteiger partial charge in [-0.3, -0.25) is 10.1 Å². The lowest BCUT2D eigenvalue weighted by Crippen LogP contribution is -2.50. The van der Waals surface area contributed by atoms with Crippen molar-refractivity contribution in [2.45, 2.75) is 43.4 Å². The van der Waals surface area contributed by atoms with Crippen LogP contribution < -0.4 is 20.9 Å².